The quantitative estimate of drug-likeness (QED) is 0.371. The van der Waals surface area contributed by atoms with Crippen molar-refractivity contribution in [3.05, 3.63) is 0 Å². The minimum absolute atomic E-state index is 0. The van der Waals surface area contributed by atoms with Gasteiger partial charge in [-0.1, -0.05) is 27.2 Å². The number of hydrogen-bond donors (Lipinski definition) is 1. The predicted molar refractivity (Wildman–Crippen MR) is 117 cm³/mol. The molecule has 5 nitrogen and oxygen atoms in total. The van der Waals surface area contributed by atoms with Gasteiger partial charge in [0.1, 0.15) is 0 Å². The number of likely N-dealkylation sites (tertiary alicyclic amines) is 1. The summed E-state index contributed by atoms with van der Waals surface area (Å²) in [6.07, 6.45) is 5.21. The van der Waals surface area contributed by atoms with Crippen LogP contribution >= 0.6 is 24.0 Å². The van der Waals surface area contributed by atoms with Crippen molar-refractivity contribution in [1.29, 1.82) is 0 Å². The van der Waals surface area contributed by atoms with Gasteiger partial charge in [-0.05, 0) is 30.6 Å². The van der Waals surface area contributed by atoms with Crippen molar-refractivity contribution in [3.8, 4) is 0 Å². The van der Waals surface area contributed by atoms with Crippen LogP contribution in [0.5, 0.6) is 0 Å². The van der Waals surface area contributed by atoms with Gasteiger partial charge in [0.05, 0.1) is 13.2 Å². The molecule has 1 N–H and O–H groups in total. The van der Waals surface area contributed by atoms with E-state index in [1.807, 2.05) is 7.05 Å². The van der Waals surface area contributed by atoms with Gasteiger partial charge < -0.3 is 15.0 Å². The lowest BCUT2D eigenvalue weighted by Crippen LogP contribution is -2.51. The fourth-order valence-corrected chi connectivity index (χ4v) is 4.19. The maximum absolute atomic E-state index is 5.43. The smallest absolute Gasteiger partial charge is 0.193 e. The molecule has 2 heterocycles. The summed E-state index contributed by atoms with van der Waals surface area (Å²) in [5.74, 6) is 1.71. The highest BCUT2D eigenvalue weighted by molar-refractivity contribution is 14.0. The van der Waals surface area contributed by atoms with E-state index in [-0.39, 0.29) is 24.0 Å². The monoisotopic (exact) mass is 466 g/mol. The second-order valence-corrected chi connectivity index (χ2v) is 8.03. The van der Waals surface area contributed by atoms with E-state index in [0.29, 0.717) is 11.3 Å². The molecular weight excluding hydrogens is 427 g/mol. The highest BCUT2D eigenvalue weighted by Gasteiger charge is 2.31. The van der Waals surface area contributed by atoms with Crippen molar-refractivity contribution in [2.45, 2.75) is 46.5 Å². The summed E-state index contributed by atoms with van der Waals surface area (Å²) < 4.78 is 5.43. The highest BCUT2D eigenvalue weighted by Crippen LogP contribution is 2.33. The van der Waals surface area contributed by atoms with E-state index < -0.39 is 0 Å². The van der Waals surface area contributed by atoms with Crippen LogP contribution in [-0.2, 0) is 4.74 Å². The molecule has 2 unspecified atom stereocenters. The highest BCUT2D eigenvalue weighted by atomic mass is 127. The van der Waals surface area contributed by atoms with Crippen LogP contribution in [0.2, 0.25) is 0 Å². The summed E-state index contributed by atoms with van der Waals surface area (Å²) in [4.78, 5) is 9.54. The van der Waals surface area contributed by atoms with Crippen LogP contribution in [0.3, 0.4) is 0 Å². The molecule has 0 bridgehead atoms. The Hall–Kier alpha value is -0.0800. The minimum Gasteiger partial charge on any atom is -0.379 e. The summed E-state index contributed by atoms with van der Waals surface area (Å²) in [6, 6.07) is 0. The summed E-state index contributed by atoms with van der Waals surface area (Å²) >= 11 is 0. The lowest BCUT2D eigenvalue weighted by atomic mass is 9.78. The van der Waals surface area contributed by atoms with Crippen molar-refractivity contribution in [3.63, 3.8) is 0 Å². The standard InChI is InChI=1S/C19H38N4O.HI/c1-5-7-19(3)8-6-9-23(16-19)18(20-4)21-14-17(2)15-22-10-12-24-13-11-22;/h17H,5-16H2,1-4H3,(H,20,21);1H. The Kier molecular flexibility index (Phi) is 10.6. The van der Waals surface area contributed by atoms with E-state index in [9.17, 15) is 0 Å². The minimum atomic E-state index is 0. The molecule has 148 valence electrons. The summed E-state index contributed by atoms with van der Waals surface area (Å²) in [5.41, 5.74) is 0.448. The SMILES string of the molecule is CCCC1(C)CCCN(C(=NC)NCC(C)CN2CCOCC2)C1.I. The van der Waals surface area contributed by atoms with Gasteiger partial charge in [0.2, 0.25) is 0 Å². The molecule has 2 atom stereocenters. The molecule has 2 saturated heterocycles. The van der Waals surface area contributed by atoms with E-state index in [4.69, 9.17) is 4.74 Å². The van der Waals surface area contributed by atoms with Gasteiger partial charge in [0, 0.05) is 46.3 Å². The third kappa shape index (κ3) is 7.59. The molecule has 2 rings (SSSR count). The Morgan fingerprint density at radius 2 is 2.00 bits per heavy atom. The number of halogens is 1. The molecule has 0 spiro atoms. The molecule has 25 heavy (non-hydrogen) atoms. The van der Waals surface area contributed by atoms with Crippen molar-refractivity contribution in [2.24, 2.45) is 16.3 Å². The Bertz CT molecular complexity index is 397. The molecule has 6 heteroatoms. The number of nitrogens with zero attached hydrogens (tertiary/aromatic N) is 3. The van der Waals surface area contributed by atoms with Crippen LogP contribution < -0.4 is 5.32 Å². The normalized spacial score (nSPS) is 26.9. The van der Waals surface area contributed by atoms with Crippen molar-refractivity contribution in [2.75, 3.05) is 59.5 Å². The number of nitrogens with one attached hydrogen (secondary N) is 1. The molecular formula is C19H39IN4O. The Labute approximate surface area is 172 Å². The Morgan fingerprint density at radius 3 is 2.64 bits per heavy atom. The van der Waals surface area contributed by atoms with E-state index in [1.165, 1.54) is 25.7 Å². The largest absolute Gasteiger partial charge is 0.379 e. The maximum Gasteiger partial charge on any atom is 0.193 e. The Balaban J connectivity index is 0.00000312. The molecule has 0 amide bonds. The second-order valence-electron chi connectivity index (χ2n) is 8.03. The second kappa shape index (κ2) is 11.6. The predicted octanol–water partition coefficient (Wildman–Crippen LogP) is 3.05. The van der Waals surface area contributed by atoms with Gasteiger partial charge in [-0.2, -0.15) is 0 Å². The van der Waals surface area contributed by atoms with Crippen LogP contribution in [0.1, 0.15) is 46.5 Å². The lowest BCUT2D eigenvalue weighted by Gasteiger charge is -2.42. The number of rotatable bonds is 6. The molecule has 2 aliphatic rings. The molecule has 0 aromatic carbocycles. The fraction of sp³-hybridized carbons (Fsp3) is 0.947. The van der Waals surface area contributed by atoms with Gasteiger partial charge in [0.15, 0.2) is 5.96 Å². The third-order valence-corrected chi connectivity index (χ3v) is 5.43. The van der Waals surface area contributed by atoms with Gasteiger partial charge in [-0.25, -0.2) is 0 Å². The zero-order valence-corrected chi connectivity index (χ0v) is 19.1. The third-order valence-electron chi connectivity index (χ3n) is 5.43. The summed E-state index contributed by atoms with van der Waals surface area (Å²) in [5, 5.41) is 3.63. The fourth-order valence-electron chi connectivity index (χ4n) is 4.19. The van der Waals surface area contributed by atoms with Crippen LogP contribution in [0.4, 0.5) is 0 Å². The molecule has 0 aliphatic carbocycles. The number of aliphatic imine (C=N–C) groups is 1. The molecule has 2 fully saturated rings. The zero-order valence-electron chi connectivity index (χ0n) is 16.7. The molecule has 0 saturated carbocycles. The van der Waals surface area contributed by atoms with E-state index >= 15 is 0 Å². The lowest BCUT2D eigenvalue weighted by molar-refractivity contribution is 0.0320. The number of ether oxygens (including phenoxy) is 1. The number of hydrogen-bond acceptors (Lipinski definition) is 3. The van der Waals surface area contributed by atoms with E-state index in [0.717, 1.165) is 58.4 Å². The van der Waals surface area contributed by atoms with Crippen molar-refractivity contribution >= 4 is 29.9 Å². The molecule has 0 aromatic heterocycles. The van der Waals surface area contributed by atoms with Crippen LogP contribution in [0.25, 0.3) is 0 Å². The summed E-state index contributed by atoms with van der Waals surface area (Å²) in [6.45, 7) is 15.4. The first-order valence-electron chi connectivity index (χ1n) is 9.82. The first-order valence-corrected chi connectivity index (χ1v) is 9.82. The van der Waals surface area contributed by atoms with Gasteiger partial charge in [-0.15, -0.1) is 24.0 Å². The van der Waals surface area contributed by atoms with Crippen molar-refractivity contribution < 1.29 is 4.74 Å². The average molecular weight is 466 g/mol. The summed E-state index contributed by atoms with van der Waals surface area (Å²) in [7, 11) is 1.92. The van der Waals surface area contributed by atoms with E-state index in [2.05, 4.69) is 40.9 Å². The van der Waals surface area contributed by atoms with Crippen LogP contribution in [0, 0.1) is 11.3 Å². The molecule has 2 aliphatic heterocycles. The number of morpholine rings is 1. The van der Waals surface area contributed by atoms with Gasteiger partial charge in [0.25, 0.3) is 0 Å². The average Bonchev–Trinajstić information content (AvgIpc) is 2.56. The maximum atomic E-state index is 5.43. The Morgan fingerprint density at radius 1 is 1.28 bits per heavy atom. The van der Waals surface area contributed by atoms with E-state index in [1.54, 1.807) is 0 Å². The van der Waals surface area contributed by atoms with Crippen molar-refractivity contribution in [1.82, 2.24) is 15.1 Å². The van der Waals surface area contributed by atoms with Gasteiger partial charge in [-0.3, -0.25) is 9.89 Å². The molecule has 0 radical (unpaired) electrons. The first-order chi connectivity index (χ1) is 11.6. The van der Waals surface area contributed by atoms with Crippen LogP contribution in [-0.4, -0.2) is 75.3 Å². The van der Waals surface area contributed by atoms with Gasteiger partial charge >= 0.3 is 0 Å². The van der Waals surface area contributed by atoms with Crippen LogP contribution in [0.15, 0.2) is 4.99 Å². The first kappa shape index (κ1) is 23.0. The number of piperidine rings is 1. The molecule has 0 aromatic rings. The topological polar surface area (TPSA) is 40.1 Å². The number of guanidine groups is 1. The zero-order chi connectivity index (χ0) is 17.4.